The maximum Gasteiger partial charge on any atom is 0.178 e. The molecule has 110 valence electrons. The smallest absolute Gasteiger partial charge is 0.178 e. The number of aromatic nitrogens is 2. The van der Waals surface area contributed by atoms with Gasteiger partial charge in [0, 0.05) is 12.6 Å². The van der Waals surface area contributed by atoms with E-state index < -0.39 is 5.82 Å². The lowest BCUT2D eigenvalue weighted by Gasteiger charge is -2.17. The van der Waals surface area contributed by atoms with Crippen LogP contribution in [0.1, 0.15) is 20.3 Å². The Bertz CT molecular complexity index is 646. The molecule has 0 unspecified atom stereocenters. The third-order valence-electron chi connectivity index (χ3n) is 3.57. The molecule has 1 aromatic carbocycles. The molecule has 20 heavy (non-hydrogen) atoms. The molecule has 1 heterocycles. The van der Waals surface area contributed by atoms with Crippen LogP contribution in [0.4, 0.5) is 4.39 Å². The summed E-state index contributed by atoms with van der Waals surface area (Å²) in [6.07, 6.45) is 0.979. The van der Waals surface area contributed by atoms with Crippen LogP contribution in [0.25, 0.3) is 11.0 Å². The van der Waals surface area contributed by atoms with E-state index in [1.165, 1.54) is 6.07 Å². The van der Waals surface area contributed by atoms with E-state index in [9.17, 15) is 4.39 Å². The van der Waals surface area contributed by atoms with Crippen LogP contribution in [0, 0.1) is 10.6 Å². The van der Waals surface area contributed by atoms with Gasteiger partial charge in [0.2, 0.25) is 0 Å². The molecular weight excluding hydrogens is 297 g/mol. The number of halogens is 2. The maximum absolute atomic E-state index is 13.6. The van der Waals surface area contributed by atoms with Gasteiger partial charge in [-0.2, -0.15) is 0 Å². The molecule has 1 aromatic heterocycles. The Balaban J connectivity index is 2.19. The maximum atomic E-state index is 13.6. The van der Waals surface area contributed by atoms with Crippen LogP contribution >= 0.6 is 23.8 Å². The van der Waals surface area contributed by atoms with Crippen LogP contribution in [0.3, 0.4) is 0 Å². The van der Waals surface area contributed by atoms with Crippen LogP contribution in [0.2, 0.25) is 5.02 Å². The van der Waals surface area contributed by atoms with Gasteiger partial charge in [-0.25, -0.2) is 4.39 Å². The fourth-order valence-electron chi connectivity index (χ4n) is 2.37. The summed E-state index contributed by atoms with van der Waals surface area (Å²) < 4.78 is 16.1. The normalized spacial score (nSPS) is 11.7. The van der Waals surface area contributed by atoms with E-state index in [2.05, 4.69) is 23.7 Å². The number of aromatic amines is 1. The van der Waals surface area contributed by atoms with Crippen molar-refractivity contribution in [2.45, 2.75) is 26.8 Å². The molecule has 0 spiro atoms. The summed E-state index contributed by atoms with van der Waals surface area (Å²) in [6.45, 7) is 8.17. The van der Waals surface area contributed by atoms with Crippen LogP contribution in [-0.4, -0.2) is 34.1 Å². The fraction of sp³-hybridized carbons (Fsp3) is 0.500. The molecular formula is C14H19ClFN3S. The van der Waals surface area contributed by atoms with Gasteiger partial charge in [-0.05, 0) is 44.3 Å². The van der Waals surface area contributed by atoms with Gasteiger partial charge in [-0.3, -0.25) is 0 Å². The van der Waals surface area contributed by atoms with Crippen molar-refractivity contribution in [2.24, 2.45) is 0 Å². The minimum atomic E-state index is -0.411. The van der Waals surface area contributed by atoms with Crippen molar-refractivity contribution in [1.29, 1.82) is 0 Å². The molecule has 0 atom stereocenters. The third kappa shape index (κ3) is 3.22. The van der Waals surface area contributed by atoms with Crippen molar-refractivity contribution < 1.29 is 4.39 Å². The van der Waals surface area contributed by atoms with Gasteiger partial charge in [-0.15, -0.1) is 0 Å². The van der Waals surface area contributed by atoms with E-state index in [0.29, 0.717) is 4.77 Å². The van der Waals surface area contributed by atoms with Gasteiger partial charge >= 0.3 is 0 Å². The number of aryl methyl sites for hydroxylation is 1. The molecule has 2 aromatic rings. The summed E-state index contributed by atoms with van der Waals surface area (Å²) in [4.78, 5) is 5.43. The van der Waals surface area contributed by atoms with Gasteiger partial charge in [0.05, 0.1) is 16.1 Å². The summed E-state index contributed by atoms with van der Waals surface area (Å²) in [6, 6.07) is 3.03. The van der Waals surface area contributed by atoms with Gasteiger partial charge < -0.3 is 14.5 Å². The van der Waals surface area contributed by atoms with Crippen molar-refractivity contribution in [3.05, 3.63) is 27.7 Å². The Labute approximate surface area is 128 Å². The van der Waals surface area contributed by atoms with E-state index >= 15 is 0 Å². The highest BCUT2D eigenvalue weighted by molar-refractivity contribution is 7.71. The molecule has 0 radical (unpaired) electrons. The quantitative estimate of drug-likeness (QED) is 0.807. The minimum Gasteiger partial charge on any atom is -0.331 e. The largest absolute Gasteiger partial charge is 0.331 e. The number of nitrogens with zero attached hydrogens (tertiary/aromatic N) is 2. The molecule has 0 saturated heterocycles. The summed E-state index contributed by atoms with van der Waals surface area (Å²) in [5.74, 6) is -0.411. The molecule has 1 N–H and O–H groups in total. The Kier molecular flexibility index (Phi) is 5.18. The molecule has 0 aliphatic carbocycles. The van der Waals surface area contributed by atoms with Gasteiger partial charge in [0.15, 0.2) is 4.77 Å². The third-order valence-corrected chi connectivity index (χ3v) is 4.18. The highest BCUT2D eigenvalue weighted by Gasteiger charge is 2.09. The molecule has 0 aliphatic rings. The van der Waals surface area contributed by atoms with Gasteiger partial charge in [0.25, 0.3) is 0 Å². The molecule has 2 rings (SSSR count). The Morgan fingerprint density at radius 1 is 1.35 bits per heavy atom. The highest BCUT2D eigenvalue weighted by atomic mass is 35.5. The average Bonchev–Trinajstić information content (AvgIpc) is 2.71. The van der Waals surface area contributed by atoms with Crippen molar-refractivity contribution in [3.63, 3.8) is 0 Å². The number of hydrogen-bond acceptors (Lipinski definition) is 2. The van der Waals surface area contributed by atoms with Crippen LogP contribution in [0.15, 0.2) is 12.1 Å². The molecule has 6 heteroatoms. The lowest BCUT2D eigenvalue weighted by atomic mass is 10.3. The molecule has 0 bridgehead atoms. The topological polar surface area (TPSA) is 24.0 Å². The van der Waals surface area contributed by atoms with Crippen molar-refractivity contribution >= 4 is 34.9 Å². The van der Waals surface area contributed by atoms with Gasteiger partial charge in [-0.1, -0.05) is 25.4 Å². The first kappa shape index (κ1) is 15.5. The molecule has 0 fully saturated rings. The molecule has 3 nitrogen and oxygen atoms in total. The SMILES string of the molecule is CCN(CC)CCCn1c(=S)[nH]c2cc(Cl)c(F)cc21. The van der Waals surface area contributed by atoms with Crippen LogP contribution in [0.5, 0.6) is 0 Å². The number of benzene rings is 1. The van der Waals surface area contributed by atoms with E-state index in [4.69, 9.17) is 23.8 Å². The van der Waals surface area contributed by atoms with Crippen LogP contribution in [-0.2, 0) is 6.54 Å². The lowest BCUT2D eigenvalue weighted by Crippen LogP contribution is -2.24. The predicted octanol–water partition coefficient (Wildman–Crippen LogP) is 4.22. The summed E-state index contributed by atoms with van der Waals surface area (Å²) in [5.41, 5.74) is 1.56. The van der Waals surface area contributed by atoms with Crippen LogP contribution < -0.4 is 0 Å². The first-order valence-corrected chi connectivity index (χ1v) is 7.65. The lowest BCUT2D eigenvalue weighted by molar-refractivity contribution is 0.293. The van der Waals surface area contributed by atoms with Gasteiger partial charge in [0.1, 0.15) is 5.82 Å². The van der Waals surface area contributed by atoms with E-state index in [1.807, 2.05) is 4.57 Å². The number of H-pyrrole nitrogens is 1. The summed E-state index contributed by atoms with van der Waals surface area (Å²) in [7, 11) is 0. The van der Waals surface area contributed by atoms with E-state index in [1.54, 1.807) is 6.07 Å². The second-order valence-corrected chi connectivity index (χ2v) is 5.54. The Hall–Kier alpha value is -0.910. The zero-order chi connectivity index (χ0) is 14.7. The zero-order valence-electron chi connectivity index (χ0n) is 11.7. The fourth-order valence-corrected chi connectivity index (χ4v) is 2.83. The van der Waals surface area contributed by atoms with Crippen molar-refractivity contribution in [1.82, 2.24) is 14.5 Å². The monoisotopic (exact) mass is 315 g/mol. The standard InChI is InChI=1S/C14H19ClFN3S/c1-3-18(4-2)6-5-7-19-13-9-11(16)10(15)8-12(13)17-14(19)20/h8-9H,3-7H2,1-2H3,(H,17,20). The summed E-state index contributed by atoms with van der Waals surface area (Å²) >= 11 is 11.1. The second-order valence-electron chi connectivity index (χ2n) is 4.75. The zero-order valence-corrected chi connectivity index (χ0v) is 13.3. The minimum absolute atomic E-state index is 0.115. The number of imidazole rings is 1. The first-order valence-electron chi connectivity index (χ1n) is 6.86. The number of rotatable bonds is 6. The predicted molar refractivity (Wildman–Crippen MR) is 84.5 cm³/mol. The van der Waals surface area contributed by atoms with Crippen molar-refractivity contribution in [3.8, 4) is 0 Å². The number of fused-ring (bicyclic) bond motifs is 1. The van der Waals surface area contributed by atoms with E-state index in [-0.39, 0.29) is 5.02 Å². The molecule has 0 saturated carbocycles. The first-order chi connectivity index (χ1) is 9.56. The van der Waals surface area contributed by atoms with E-state index in [0.717, 1.165) is 43.6 Å². The average molecular weight is 316 g/mol. The Morgan fingerprint density at radius 2 is 2.05 bits per heavy atom. The highest BCUT2D eigenvalue weighted by Crippen LogP contribution is 2.22. The number of hydrogen-bond donors (Lipinski definition) is 1. The summed E-state index contributed by atoms with van der Waals surface area (Å²) in [5, 5.41) is 0.115. The number of nitrogens with one attached hydrogen (secondary N) is 1. The molecule has 0 aliphatic heterocycles. The van der Waals surface area contributed by atoms with Crippen molar-refractivity contribution in [2.75, 3.05) is 19.6 Å². The Morgan fingerprint density at radius 3 is 2.70 bits per heavy atom. The molecule has 0 amide bonds. The second kappa shape index (κ2) is 6.70.